The van der Waals surface area contributed by atoms with Crippen molar-refractivity contribution >= 4 is 23.4 Å². The van der Waals surface area contributed by atoms with Gasteiger partial charge < -0.3 is 18.9 Å². The van der Waals surface area contributed by atoms with Gasteiger partial charge in [0.15, 0.2) is 11.5 Å². The van der Waals surface area contributed by atoms with Crippen LogP contribution < -0.4 is 0 Å². The van der Waals surface area contributed by atoms with E-state index < -0.39 is 5.66 Å². The second-order valence-electron chi connectivity index (χ2n) is 6.93. The first-order chi connectivity index (χ1) is 13.5. The largest absolute Gasteiger partial charge is 0.364 e. The molecule has 0 N–H and O–H groups in total. The first-order valence-electron chi connectivity index (χ1n) is 8.84. The van der Waals surface area contributed by atoms with Gasteiger partial charge in [-0.2, -0.15) is 0 Å². The number of carbonyl (C=O) groups is 2. The van der Waals surface area contributed by atoms with E-state index in [0.29, 0.717) is 41.7 Å². The zero-order chi connectivity index (χ0) is 19.5. The third-order valence-electron chi connectivity index (χ3n) is 5.52. The molecule has 9 heteroatoms. The quantitative estimate of drug-likeness (QED) is 0.662. The summed E-state index contributed by atoms with van der Waals surface area (Å²) in [5.74, 6) is -0.0591. The van der Waals surface area contributed by atoms with Gasteiger partial charge in [-0.25, -0.2) is 4.98 Å². The summed E-state index contributed by atoms with van der Waals surface area (Å²) >= 11 is 6.09. The number of carbonyl (C=O) groups excluding carboxylic acids is 2. The van der Waals surface area contributed by atoms with E-state index in [-0.39, 0.29) is 11.8 Å². The van der Waals surface area contributed by atoms with E-state index in [0.717, 1.165) is 5.56 Å². The van der Waals surface area contributed by atoms with Crippen molar-refractivity contribution in [1.29, 1.82) is 0 Å². The van der Waals surface area contributed by atoms with Crippen molar-refractivity contribution in [2.24, 2.45) is 0 Å². The Hall–Kier alpha value is -3.13. The van der Waals surface area contributed by atoms with Crippen molar-refractivity contribution in [2.75, 3.05) is 13.1 Å². The SMILES string of the molecule is Cc1nocc1C(=O)N1CCN2C(=O)c3nccn3CC12c1ccc(Cl)cc1. The van der Waals surface area contributed by atoms with Gasteiger partial charge in [-0.05, 0) is 19.1 Å². The van der Waals surface area contributed by atoms with E-state index in [1.54, 1.807) is 45.8 Å². The van der Waals surface area contributed by atoms with Crippen molar-refractivity contribution in [2.45, 2.75) is 19.1 Å². The Bertz CT molecular complexity index is 1090. The van der Waals surface area contributed by atoms with Gasteiger partial charge in [0.2, 0.25) is 0 Å². The van der Waals surface area contributed by atoms with E-state index in [1.807, 2.05) is 12.1 Å². The fourth-order valence-corrected chi connectivity index (χ4v) is 4.31. The van der Waals surface area contributed by atoms with Gasteiger partial charge in [0.05, 0.1) is 12.2 Å². The van der Waals surface area contributed by atoms with Crippen LogP contribution in [-0.4, -0.2) is 49.4 Å². The van der Waals surface area contributed by atoms with Crippen LogP contribution in [0, 0.1) is 6.92 Å². The van der Waals surface area contributed by atoms with Crippen molar-refractivity contribution in [3.05, 3.63) is 70.6 Å². The number of imidazole rings is 1. The molecule has 1 unspecified atom stereocenters. The highest BCUT2D eigenvalue weighted by atomic mass is 35.5. The molecule has 3 aromatic rings. The number of aromatic nitrogens is 3. The van der Waals surface area contributed by atoms with Crippen LogP contribution in [0.1, 0.15) is 32.2 Å². The molecular weight excluding hydrogens is 382 g/mol. The Kier molecular flexibility index (Phi) is 3.60. The zero-order valence-corrected chi connectivity index (χ0v) is 15.8. The molecule has 0 spiro atoms. The van der Waals surface area contributed by atoms with Crippen molar-refractivity contribution < 1.29 is 14.1 Å². The zero-order valence-electron chi connectivity index (χ0n) is 15.0. The van der Waals surface area contributed by atoms with Crippen molar-refractivity contribution in [3.63, 3.8) is 0 Å². The van der Waals surface area contributed by atoms with Gasteiger partial charge in [-0.3, -0.25) is 9.59 Å². The van der Waals surface area contributed by atoms with Crippen LogP contribution in [0.5, 0.6) is 0 Å². The molecule has 0 saturated carbocycles. The molecule has 5 rings (SSSR count). The normalized spacial score (nSPS) is 21.0. The monoisotopic (exact) mass is 397 g/mol. The number of aryl methyl sites for hydroxylation is 1. The number of nitrogens with zero attached hydrogens (tertiary/aromatic N) is 5. The Balaban J connectivity index is 1.70. The summed E-state index contributed by atoms with van der Waals surface area (Å²) in [4.78, 5) is 34.2. The molecule has 0 aliphatic carbocycles. The minimum atomic E-state index is -0.976. The van der Waals surface area contributed by atoms with Crippen LogP contribution in [0.3, 0.4) is 0 Å². The highest BCUT2D eigenvalue weighted by molar-refractivity contribution is 6.30. The summed E-state index contributed by atoms with van der Waals surface area (Å²) in [5, 5.41) is 4.41. The molecule has 142 valence electrons. The summed E-state index contributed by atoms with van der Waals surface area (Å²) in [7, 11) is 0. The first-order valence-corrected chi connectivity index (χ1v) is 9.22. The van der Waals surface area contributed by atoms with Gasteiger partial charge in [0, 0.05) is 36.1 Å². The van der Waals surface area contributed by atoms with Crippen molar-refractivity contribution in [3.8, 4) is 0 Å². The second kappa shape index (κ2) is 5.93. The molecule has 2 aromatic heterocycles. The molecular formula is C19H16ClN5O3. The molecule has 2 amide bonds. The number of halogens is 1. The number of hydrogen-bond acceptors (Lipinski definition) is 5. The average Bonchev–Trinajstić information content (AvgIpc) is 3.40. The lowest BCUT2D eigenvalue weighted by atomic mass is 9.94. The van der Waals surface area contributed by atoms with Gasteiger partial charge >= 0.3 is 0 Å². The molecule has 1 fully saturated rings. The molecule has 2 aliphatic rings. The van der Waals surface area contributed by atoms with Crippen LogP contribution >= 0.6 is 11.6 Å². The number of rotatable bonds is 2. The molecule has 4 heterocycles. The minimum Gasteiger partial charge on any atom is -0.364 e. The molecule has 28 heavy (non-hydrogen) atoms. The molecule has 0 radical (unpaired) electrons. The number of hydrogen-bond donors (Lipinski definition) is 0. The van der Waals surface area contributed by atoms with E-state index in [2.05, 4.69) is 10.1 Å². The maximum Gasteiger partial charge on any atom is 0.292 e. The van der Waals surface area contributed by atoms with Crippen LogP contribution in [0.25, 0.3) is 0 Å². The predicted octanol–water partition coefficient (Wildman–Crippen LogP) is 2.30. The molecule has 0 bridgehead atoms. The maximum absolute atomic E-state index is 13.4. The fourth-order valence-electron chi connectivity index (χ4n) is 4.18. The molecule has 1 atom stereocenters. The van der Waals surface area contributed by atoms with Crippen LogP contribution in [0.2, 0.25) is 5.02 Å². The van der Waals surface area contributed by atoms with Crippen LogP contribution in [0.15, 0.2) is 47.4 Å². The summed E-state index contributed by atoms with van der Waals surface area (Å²) < 4.78 is 6.76. The molecule has 1 aromatic carbocycles. The highest BCUT2D eigenvalue weighted by Gasteiger charge is 2.56. The number of benzene rings is 1. The van der Waals surface area contributed by atoms with E-state index >= 15 is 0 Å². The molecule has 1 saturated heterocycles. The predicted molar refractivity (Wildman–Crippen MR) is 98.7 cm³/mol. The summed E-state index contributed by atoms with van der Waals surface area (Å²) in [5.41, 5.74) is 0.736. The Labute approximate surface area is 165 Å². The number of fused-ring (bicyclic) bond motifs is 2. The third kappa shape index (κ3) is 2.18. The third-order valence-corrected chi connectivity index (χ3v) is 5.77. The highest BCUT2D eigenvalue weighted by Crippen LogP contribution is 2.43. The van der Waals surface area contributed by atoms with Crippen LogP contribution in [-0.2, 0) is 12.2 Å². The van der Waals surface area contributed by atoms with Gasteiger partial charge in [0.25, 0.3) is 11.8 Å². The minimum absolute atomic E-state index is 0.205. The lowest BCUT2D eigenvalue weighted by molar-refractivity contribution is -0.00666. The lowest BCUT2D eigenvalue weighted by Gasteiger charge is -2.46. The summed E-state index contributed by atoms with van der Waals surface area (Å²) in [6.07, 6.45) is 4.71. The maximum atomic E-state index is 13.4. The Morgan fingerprint density at radius 2 is 2.04 bits per heavy atom. The van der Waals surface area contributed by atoms with Gasteiger partial charge in [-0.1, -0.05) is 28.9 Å². The van der Waals surface area contributed by atoms with E-state index in [4.69, 9.17) is 16.1 Å². The summed E-state index contributed by atoms with van der Waals surface area (Å²) in [6, 6.07) is 7.25. The van der Waals surface area contributed by atoms with Crippen LogP contribution in [0.4, 0.5) is 0 Å². The number of amides is 2. The second-order valence-corrected chi connectivity index (χ2v) is 7.37. The lowest BCUT2D eigenvalue weighted by Crippen LogP contribution is -2.60. The first kappa shape index (κ1) is 17.0. The molecule has 8 nitrogen and oxygen atoms in total. The van der Waals surface area contributed by atoms with Crippen molar-refractivity contribution in [1.82, 2.24) is 24.5 Å². The molecule has 2 aliphatic heterocycles. The van der Waals surface area contributed by atoms with E-state index in [9.17, 15) is 9.59 Å². The van der Waals surface area contributed by atoms with Gasteiger partial charge in [-0.15, -0.1) is 0 Å². The van der Waals surface area contributed by atoms with Gasteiger partial charge in [0.1, 0.15) is 11.8 Å². The topological polar surface area (TPSA) is 84.5 Å². The Morgan fingerprint density at radius 1 is 1.25 bits per heavy atom. The standard InChI is InChI=1S/C19H16ClN5O3/c1-12-15(10-28-22-12)17(26)24-8-9-25-18(27)16-21-6-7-23(16)11-19(24,25)13-2-4-14(20)5-3-13/h2-7,10H,8-9,11H2,1H3. The summed E-state index contributed by atoms with van der Waals surface area (Å²) in [6.45, 7) is 2.90. The average molecular weight is 398 g/mol. The van der Waals surface area contributed by atoms with E-state index in [1.165, 1.54) is 6.26 Å². The fraction of sp³-hybridized carbons (Fsp3) is 0.263. The smallest absolute Gasteiger partial charge is 0.292 e. The Morgan fingerprint density at radius 3 is 2.75 bits per heavy atom.